The summed E-state index contributed by atoms with van der Waals surface area (Å²) in [6, 6.07) is 3.43. The summed E-state index contributed by atoms with van der Waals surface area (Å²) in [5, 5.41) is 0.569. The fourth-order valence-corrected chi connectivity index (χ4v) is 4.40. The van der Waals surface area contributed by atoms with E-state index in [1.165, 1.54) is 10.5 Å². The summed E-state index contributed by atoms with van der Waals surface area (Å²) in [4.78, 5) is 21.0. The lowest BCUT2D eigenvalue weighted by atomic mass is 10.1. The van der Waals surface area contributed by atoms with E-state index in [1.54, 1.807) is 37.1 Å². The van der Waals surface area contributed by atoms with Crippen molar-refractivity contribution >= 4 is 27.0 Å². The number of hydrogen-bond acceptors (Lipinski definition) is 5. The maximum absolute atomic E-state index is 12.9. The minimum absolute atomic E-state index is 0.171. The molecule has 3 heterocycles. The Kier molecular flexibility index (Phi) is 4.10. The Morgan fingerprint density at radius 2 is 1.96 bits per heavy atom. The highest BCUT2D eigenvalue weighted by Crippen LogP contribution is 2.25. The Balaban J connectivity index is 1.80. The van der Waals surface area contributed by atoms with E-state index in [0.29, 0.717) is 24.1 Å². The molecule has 1 amide bonds. The summed E-state index contributed by atoms with van der Waals surface area (Å²) in [5.41, 5.74) is 5.42. The van der Waals surface area contributed by atoms with Crippen LogP contribution in [0.5, 0.6) is 0 Å². The van der Waals surface area contributed by atoms with Crippen LogP contribution in [0, 0.1) is 0 Å². The summed E-state index contributed by atoms with van der Waals surface area (Å²) in [7, 11) is -3.64. The number of piperazine rings is 1. The van der Waals surface area contributed by atoms with Gasteiger partial charge in [0, 0.05) is 44.0 Å². The van der Waals surface area contributed by atoms with Gasteiger partial charge in [0.15, 0.2) is 0 Å². The smallest absolute Gasteiger partial charge is 0.245 e. The van der Waals surface area contributed by atoms with Crippen molar-refractivity contribution in [1.82, 2.24) is 19.2 Å². The molecule has 3 N–H and O–H groups in total. The third-order valence-corrected chi connectivity index (χ3v) is 6.05. The monoisotopic (exact) mass is 351 g/mol. The van der Waals surface area contributed by atoms with Gasteiger partial charge in [0.1, 0.15) is 10.5 Å². The maximum atomic E-state index is 12.9. The number of nitrogens with zero attached hydrogens (tertiary/aromatic N) is 3. The number of nitrogens with two attached hydrogens (primary N) is 1. The first-order chi connectivity index (χ1) is 11.2. The van der Waals surface area contributed by atoms with Crippen molar-refractivity contribution in [2.75, 3.05) is 26.2 Å². The second-order valence-electron chi connectivity index (χ2n) is 6.47. The number of sulfonamides is 1. The Morgan fingerprint density at radius 3 is 2.58 bits per heavy atom. The maximum Gasteiger partial charge on any atom is 0.245 e. The minimum atomic E-state index is -3.64. The van der Waals surface area contributed by atoms with Crippen molar-refractivity contribution in [3.05, 3.63) is 24.5 Å². The molecule has 0 radical (unpaired) electrons. The van der Waals surface area contributed by atoms with E-state index in [-0.39, 0.29) is 23.9 Å². The van der Waals surface area contributed by atoms with Crippen LogP contribution in [0.4, 0.5) is 0 Å². The van der Waals surface area contributed by atoms with Crippen molar-refractivity contribution in [2.45, 2.75) is 24.3 Å². The molecule has 0 unspecified atom stereocenters. The normalized spacial score (nSPS) is 17.4. The van der Waals surface area contributed by atoms with Crippen molar-refractivity contribution in [2.24, 2.45) is 5.73 Å². The first-order valence-electron chi connectivity index (χ1n) is 7.72. The number of carbonyl (C=O) groups excluding carboxylic acids is 1. The summed E-state index contributed by atoms with van der Waals surface area (Å²) in [6.07, 6.45) is 3.07. The third-order valence-electron chi connectivity index (χ3n) is 4.11. The molecule has 9 heteroatoms. The fraction of sp³-hybridized carbons (Fsp3) is 0.467. The lowest BCUT2D eigenvalue weighted by Crippen LogP contribution is -2.57. The number of aromatic amines is 1. The molecule has 8 nitrogen and oxygen atoms in total. The summed E-state index contributed by atoms with van der Waals surface area (Å²) < 4.78 is 27.2. The molecule has 0 bridgehead atoms. The second-order valence-corrected chi connectivity index (χ2v) is 8.38. The Bertz CT molecular complexity index is 861. The van der Waals surface area contributed by atoms with Crippen LogP contribution >= 0.6 is 0 Å². The molecule has 0 aliphatic carbocycles. The van der Waals surface area contributed by atoms with E-state index in [1.807, 2.05) is 0 Å². The highest BCUT2D eigenvalue weighted by molar-refractivity contribution is 7.89. The van der Waals surface area contributed by atoms with E-state index in [4.69, 9.17) is 5.73 Å². The van der Waals surface area contributed by atoms with Crippen LogP contribution in [-0.4, -0.2) is 65.2 Å². The number of hydrogen-bond donors (Lipinski definition) is 2. The number of fused-ring (bicyclic) bond motifs is 1. The van der Waals surface area contributed by atoms with Gasteiger partial charge >= 0.3 is 0 Å². The molecule has 1 aliphatic heterocycles. The van der Waals surface area contributed by atoms with Crippen LogP contribution in [0.2, 0.25) is 0 Å². The van der Waals surface area contributed by atoms with Crippen LogP contribution in [0.3, 0.4) is 0 Å². The average Bonchev–Trinajstić information content (AvgIpc) is 2.98. The molecule has 2 aromatic rings. The zero-order chi connectivity index (χ0) is 17.5. The minimum Gasteiger partial charge on any atom is -0.345 e. The first kappa shape index (κ1) is 16.9. The number of amides is 1. The van der Waals surface area contributed by atoms with Gasteiger partial charge in [-0.1, -0.05) is 0 Å². The van der Waals surface area contributed by atoms with Gasteiger partial charge in [-0.3, -0.25) is 4.79 Å². The van der Waals surface area contributed by atoms with Crippen molar-refractivity contribution in [1.29, 1.82) is 0 Å². The Morgan fingerprint density at radius 1 is 1.29 bits per heavy atom. The van der Waals surface area contributed by atoms with E-state index in [9.17, 15) is 13.2 Å². The molecule has 130 valence electrons. The van der Waals surface area contributed by atoms with Gasteiger partial charge in [0.05, 0.1) is 5.54 Å². The summed E-state index contributed by atoms with van der Waals surface area (Å²) in [5.74, 6) is -0.171. The number of carbonyl (C=O) groups is 1. The molecule has 1 fully saturated rings. The number of H-pyrrole nitrogens is 1. The van der Waals surface area contributed by atoms with Gasteiger partial charge in [0.25, 0.3) is 0 Å². The molecular weight excluding hydrogens is 330 g/mol. The van der Waals surface area contributed by atoms with Gasteiger partial charge in [-0.25, -0.2) is 13.4 Å². The first-order valence-corrected chi connectivity index (χ1v) is 9.16. The second kappa shape index (κ2) is 5.83. The molecule has 0 atom stereocenters. The van der Waals surface area contributed by atoms with Crippen LogP contribution < -0.4 is 5.73 Å². The lowest BCUT2D eigenvalue weighted by Gasteiger charge is -2.36. The molecule has 0 saturated carbocycles. The predicted octanol–water partition coefficient (Wildman–Crippen LogP) is 0.133. The van der Waals surface area contributed by atoms with Crippen molar-refractivity contribution in [3.63, 3.8) is 0 Å². The summed E-state index contributed by atoms with van der Waals surface area (Å²) in [6.45, 7) is 4.46. The molecule has 0 aromatic carbocycles. The topological polar surface area (TPSA) is 112 Å². The predicted molar refractivity (Wildman–Crippen MR) is 89.7 cm³/mol. The van der Waals surface area contributed by atoms with E-state index >= 15 is 0 Å². The number of aromatic nitrogens is 2. The van der Waals surface area contributed by atoms with E-state index in [2.05, 4.69) is 9.97 Å². The van der Waals surface area contributed by atoms with E-state index in [0.717, 1.165) is 0 Å². The Labute approximate surface area is 140 Å². The van der Waals surface area contributed by atoms with Crippen LogP contribution in [-0.2, 0) is 14.8 Å². The van der Waals surface area contributed by atoms with Crippen molar-refractivity contribution < 1.29 is 13.2 Å². The molecule has 1 saturated heterocycles. The quantitative estimate of drug-likeness (QED) is 0.816. The average molecular weight is 351 g/mol. The molecule has 2 aromatic heterocycles. The van der Waals surface area contributed by atoms with Crippen LogP contribution in [0.1, 0.15) is 13.8 Å². The molecular formula is C15H21N5O3S. The lowest BCUT2D eigenvalue weighted by molar-refractivity contribution is -0.137. The zero-order valence-electron chi connectivity index (χ0n) is 13.7. The SMILES string of the molecule is CC(C)(N)C(=O)N1CCN(S(=O)(=O)c2c[nH]c3ncccc23)CC1. The van der Waals surface area contributed by atoms with Crippen molar-refractivity contribution in [3.8, 4) is 0 Å². The highest BCUT2D eigenvalue weighted by atomic mass is 32.2. The molecule has 24 heavy (non-hydrogen) atoms. The molecule has 3 rings (SSSR count). The third kappa shape index (κ3) is 2.90. The zero-order valence-corrected chi connectivity index (χ0v) is 14.5. The van der Waals surface area contributed by atoms with Gasteiger partial charge in [-0.05, 0) is 26.0 Å². The number of nitrogens with one attached hydrogen (secondary N) is 1. The standard InChI is InChI=1S/C15H21N5O3S/c1-15(2,16)14(21)19-6-8-20(9-7-19)24(22,23)12-10-18-13-11(12)4-3-5-17-13/h3-5,10H,6-9,16H2,1-2H3,(H,17,18). The van der Waals surface area contributed by atoms with Crippen LogP contribution in [0.25, 0.3) is 11.0 Å². The number of rotatable bonds is 3. The van der Waals surface area contributed by atoms with Gasteiger partial charge in [-0.15, -0.1) is 0 Å². The van der Waals surface area contributed by atoms with Gasteiger partial charge in [0.2, 0.25) is 15.9 Å². The van der Waals surface area contributed by atoms with E-state index < -0.39 is 15.6 Å². The summed E-state index contributed by atoms with van der Waals surface area (Å²) >= 11 is 0. The largest absolute Gasteiger partial charge is 0.345 e. The van der Waals surface area contributed by atoms with Crippen LogP contribution in [0.15, 0.2) is 29.4 Å². The van der Waals surface area contributed by atoms with Gasteiger partial charge < -0.3 is 15.6 Å². The molecule has 0 spiro atoms. The number of pyridine rings is 1. The fourth-order valence-electron chi connectivity index (χ4n) is 2.82. The van der Waals surface area contributed by atoms with Gasteiger partial charge in [-0.2, -0.15) is 4.31 Å². The molecule has 1 aliphatic rings. The Hall–Kier alpha value is -1.97. The highest BCUT2D eigenvalue weighted by Gasteiger charge is 2.35.